The fourth-order valence-electron chi connectivity index (χ4n) is 2.80. The van der Waals surface area contributed by atoms with Gasteiger partial charge in [0.15, 0.2) is 0 Å². The molecule has 98 valence electrons. The van der Waals surface area contributed by atoms with Gasteiger partial charge in [-0.2, -0.15) is 0 Å². The molecule has 1 aliphatic carbocycles. The Balaban J connectivity index is 2.20. The highest BCUT2D eigenvalue weighted by Gasteiger charge is 2.34. The van der Waals surface area contributed by atoms with Crippen molar-refractivity contribution < 1.29 is 4.79 Å². The molecule has 0 heterocycles. The Bertz CT molecular complexity index is 536. The second-order valence-electron chi connectivity index (χ2n) is 5.44. The second kappa shape index (κ2) is 5.78. The molecule has 1 aromatic rings. The third kappa shape index (κ3) is 3.08. The summed E-state index contributed by atoms with van der Waals surface area (Å²) < 4.78 is 0. The SMILES string of the molecule is C#Cc1cccc(NC2CCCCC2(C)C=C=O)c1. The minimum absolute atomic E-state index is 0.119. The summed E-state index contributed by atoms with van der Waals surface area (Å²) in [5, 5.41) is 3.53. The van der Waals surface area contributed by atoms with E-state index < -0.39 is 0 Å². The maximum atomic E-state index is 10.7. The highest BCUT2D eigenvalue weighted by Crippen LogP contribution is 2.38. The lowest BCUT2D eigenvalue weighted by Gasteiger charge is -2.39. The molecule has 19 heavy (non-hydrogen) atoms. The summed E-state index contributed by atoms with van der Waals surface area (Å²) in [6, 6.07) is 8.11. The van der Waals surface area contributed by atoms with Gasteiger partial charge >= 0.3 is 0 Å². The van der Waals surface area contributed by atoms with Crippen molar-refractivity contribution in [3.05, 3.63) is 35.9 Å². The molecule has 1 aliphatic rings. The third-order valence-corrected chi connectivity index (χ3v) is 4.01. The van der Waals surface area contributed by atoms with Gasteiger partial charge in [0.2, 0.25) is 0 Å². The number of rotatable bonds is 3. The second-order valence-corrected chi connectivity index (χ2v) is 5.44. The fourth-order valence-corrected chi connectivity index (χ4v) is 2.80. The van der Waals surface area contributed by atoms with Gasteiger partial charge in [-0.05, 0) is 31.0 Å². The first-order valence-electron chi connectivity index (χ1n) is 6.73. The van der Waals surface area contributed by atoms with E-state index in [1.165, 1.54) is 6.42 Å². The number of nitrogens with one attached hydrogen (secondary N) is 1. The Labute approximate surface area is 114 Å². The lowest BCUT2D eigenvalue weighted by molar-refractivity contribution is 0.257. The zero-order valence-corrected chi connectivity index (χ0v) is 11.3. The summed E-state index contributed by atoms with van der Waals surface area (Å²) in [5.41, 5.74) is 1.77. The number of hydrogen-bond donors (Lipinski definition) is 1. The van der Waals surface area contributed by atoms with Crippen LogP contribution in [0.1, 0.15) is 38.2 Å². The van der Waals surface area contributed by atoms with Gasteiger partial charge < -0.3 is 5.32 Å². The van der Waals surface area contributed by atoms with Gasteiger partial charge in [0.05, 0.1) is 0 Å². The normalized spacial score (nSPS) is 26.0. The average Bonchev–Trinajstić information content (AvgIpc) is 2.42. The molecule has 0 radical (unpaired) electrons. The Morgan fingerprint density at radius 1 is 1.47 bits per heavy atom. The van der Waals surface area contributed by atoms with E-state index in [0.29, 0.717) is 0 Å². The number of carbonyl (C=O) groups excluding carboxylic acids is 1. The highest BCUT2D eigenvalue weighted by molar-refractivity contribution is 5.52. The van der Waals surface area contributed by atoms with Crippen LogP contribution in [0, 0.1) is 17.8 Å². The summed E-state index contributed by atoms with van der Waals surface area (Å²) in [4.78, 5) is 10.7. The average molecular weight is 253 g/mol. The maximum Gasteiger partial charge on any atom is 0.120 e. The van der Waals surface area contributed by atoms with Crippen LogP contribution in [0.25, 0.3) is 0 Å². The molecule has 1 aromatic carbocycles. The number of benzene rings is 1. The predicted octanol–water partition coefficient (Wildman–Crippen LogP) is 3.42. The maximum absolute atomic E-state index is 10.7. The van der Waals surface area contributed by atoms with Gasteiger partial charge in [-0.3, -0.25) is 0 Å². The van der Waals surface area contributed by atoms with Crippen LogP contribution in [-0.2, 0) is 4.79 Å². The van der Waals surface area contributed by atoms with E-state index in [9.17, 15) is 4.79 Å². The van der Waals surface area contributed by atoms with Crippen molar-refractivity contribution >= 4 is 11.6 Å². The van der Waals surface area contributed by atoms with E-state index >= 15 is 0 Å². The molecular formula is C17H19NO. The molecule has 0 aliphatic heterocycles. The Morgan fingerprint density at radius 2 is 2.32 bits per heavy atom. The van der Waals surface area contributed by atoms with Crippen molar-refractivity contribution in [3.8, 4) is 12.3 Å². The number of anilines is 1. The first-order chi connectivity index (χ1) is 9.18. The summed E-state index contributed by atoms with van der Waals surface area (Å²) in [6.45, 7) is 2.12. The van der Waals surface area contributed by atoms with E-state index in [0.717, 1.165) is 30.5 Å². The van der Waals surface area contributed by atoms with Gasteiger partial charge in [-0.15, -0.1) is 6.42 Å². The van der Waals surface area contributed by atoms with E-state index in [2.05, 4.69) is 18.2 Å². The largest absolute Gasteiger partial charge is 0.381 e. The zero-order valence-electron chi connectivity index (χ0n) is 11.3. The smallest absolute Gasteiger partial charge is 0.120 e. The molecule has 1 N–H and O–H groups in total. The Kier molecular flexibility index (Phi) is 4.10. The first kappa shape index (κ1) is 13.5. The van der Waals surface area contributed by atoms with Crippen molar-refractivity contribution in [1.29, 1.82) is 0 Å². The molecule has 0 saturated heterocycles. The quantitative estimate of drug-likeness (QED) is 0.660. The molecule has 2 heteroatoms. The molecule has 0 spiro atoms. The third-order valence-electron chi connectivity index (χ3n) is 4.01. The number of terminal acetylenes is 1. The molecule has 1 saturated carbocycles. The zero-order chi connectivity index (χ0) is 13.7. The summed E-state index contributed by atoms with van der Waals surface area (Å²) in [6.07, 6.45) is 11.5. The molecule has 2 rings (SSSR count). The number of hydrogen-bond acceptors (Lipinski definition) is 2. The van der Waals surface area contributed by atoms with Crippen LogP contribution in [0.15, 0.2) is 30.3 Å². The van der Waals surface area contributed by atoms with Gasteiger partial charge in [-0.1, -0.05) is 31.8 Å². The van der Waals surface area contributed by atoms with Crippen molar-refractivity contribution in [1.82, 2.24) is 0 Å². The topological polar surface area (TPSA) is 29.1 Å². The summed E-state index contributed by atoms with van der Waals surface area (Å²) >= 11 is 0. The van der Waals surface area contributed by atoms with Crippen LogP contribution in [0.4, 0.5) is 5.69 Å². The van der Waals surface area contributed by atoms with Crippen molar-refractivity contribution in [2.24, 2.45) is 5.41 Å². The minimum atomic E-state index is -0.119. The van der Waals surface area contributed by atoms with E-state index in [4.69, 9.17) is 6.42 Å². The van der Waals surface area contributed by atoms with Gasteiger partial charge in [0.1, 0.15) is 5.94 Å². The van der Waals surface area contributed by atoms with E-state index in [1.807, 2.05) is 30.2 Å². The first-order valence-corrected chi connectivity index (χ1v) is 6.73. The van der Waals surface area contributed by atoms with Gasteiger partial charge in [-0.25, -0.2) is 4.79 Å². The Hall–Kier alpha value is -1.97. The highest BCUT2D eigenvalue weighted by atomic mass is 16.1. The van der Waals surface area contributed by atoms with Crippen LogP contribution in [0.3, 0.4) is 0 Å². The Morgan fingerprint density at radius 3 is 3.05 bits per heavy atom. The molecule has 2 unspecified atom stereocenters. The summed E-state index contributed by atoms with van der Waals surface area (Å²) in [7, 11) is 0. The minimum Gasteiger partial charge on any atom is -0.381 e. The molecule has 2 atom stereocenters. The van der Waals surface area contributed by atoms with Crippen molar-refractivity contribution in [2.45, 2.75) is 38.6 Å². The molecule has 2 nitrogen and oxygen atoms in total. The van der Waals surface area contributed by atoms with Crippen LogP contribution in [0.5, 0.6) is 0 Å². The van der Waals surface area contributed by atoms with Crippen molar-refractivity contribution in [2.75, 3.05) is 5.32 Å². The molecular weight excluding hydrogens is 234 g/mol. The molecule has 0 amide bonds. The summed E-state index contributed by atoms with van der Waals surface area (Å²) in [5.74, 6) is 4.61. The molecule has 0 aromatic heterocycles. The van der Waals surface area contributed by atoms with Crippen molar-refractivity contribution in [3.63, 3.8) is 0 Å². The van der Waals surface area contributed by atoms with E-state index in [-0.39, 0.29) is 11.5 Å². The van der Waals surface area contributed by atoms with Crippen LogP contribution in [0.2, 0.25) is 0 Å². The predicted molar refractivity (Wildman–Crippen MR) is 78.6 cm³/mol. The molecule has 0 bridgehead atoms. The fraction of sp³-hybridized carbons (Fsp3) is 0.412. The van der Waals surface area contributed by atoms with Gasteiger partial charge in [0.25, 0.3) is 0 Å². The van der Waals surface area contributed by atoms with Crippen LogP contribution < -0.4 is 5.32 Å². The van der Waals surface area contributed by atoms with E-state index in [1.54, 1.807) is 6.08 Å². The lowest BCUT2D eigenvalue weighted by atomic mass is 9.71. The van der Waals surface area contributed by atoms with Crippen LogP contribution >= 0.6 is 0 Å². The molecule has 1 fully saturated rings. The lowest BCUT2D eigenvalue weighted by Crippen LogP contribution is -2.39. The van der Waals surface area contributed by atoms with Gasteiger partial charge in [0, 0.05) is 28.8 Å². The van der Waals surface area contributed by atoms with Crippen LogP contribution in [-0.4, -0.2) is 12.0 Å². The monoisotopic (exact) mass is 253 g/mol. The standard InChI is InChI=1S/C17H19NO/c1-3-14-7-6-8-15(13-14)18-16-9-4-5-10-17(16,2)11-12-19/h1,6-8,11,13,16,18H,4-5,9-10H2,2H3.